The first-order chi connectivity index (χ1) is 10.0. The number of aliphatic hydroxyl groups excluding tert-OH is 1. The normalized spacial score (nSPS) is 13.2. The van der Waals surface area contributed by atoms with Crippen LogP contribution in [0.4, 0.5) is 18.9 Å². The summed E-state index contributed by atoms with van der Waals surface area (Å²) in [6.45, 7) is -0.944. The summed E-state index contributed by atoms with van der Waals surface area (Å²) in [6, 6.07) is 3.46. The predicted octanol–water partition coefficient (Wildman–Crippen LogP) is 1.05. The van der Waals surface area contributed by atoms with Gasteiger partial charge in [-0.1, -0.05) is 6.07 Å². The molecule has 1 amide bonds. The lowest BCUT2D eigenvalue weighted by Crippen LogP contribution is -2.39. The molecule has 22 heavy (non-hydrogen) atoms. The van der Waals surface area contributed by atoms with Gasteiger partial charge in [-0.2, -0.15) is 13.2 Å². The van der Waals surface area contributed by atoms with E-state index in [1.165, 1.54) is 19.2 Å². The molecule has 0 aromatic heterocycles. The van der Waals surface area contributed by atoms with Gasteiger partial charge in [0.05, 0.1) is 4.92 Å². The number of benzene rings is 1. The Labute approximate surface area is 123 Å². The summed E-state index contributed by atoms with van der Waals surface area (Å²) in [7, 11) is 1.28. The third-order valence-corrected chi connectivity index (χ3v) is 2.87. The largest absolute Gasteiger partial charge is 0.415 e. The maximum Gasteiger partial charge on any atom is 0.415 e. The van der Waals surface area contributed by atoms with E-state index in [1.807, 2.05) is 0 Å². The van der Waals surface area contributed by atoms with Crippen LogP contribution in [-0.4, -0.2) is 46.7 Å². The molecule has 1 atom stereocenters. The number of aliphatic hydroxyl groups is 1. The first-order valence-corrected chi connectivity index (χ1v) is 6.02. The van der Waals surface area contributed by atoms with Crippen molar-refractivity contribution in [1.29, 1.82) is 0 Å². The van der Waals surface area contributed by atoms with Gasteiger partial charge in [0.15, 0.2) is 6.10 Å². The van der Waals surface area contributed by atoms with E-state index in [1.54, 1.807) is 0 Å². The van der Waals surface area contributed by atoms with Crippen LogP contribution in [0.5, 0.6) is 0 Å². The van der Waals surface area contributed by atoms with Crippen LogP contribution >= 0.6 is 0 Å². The third kappa shape index (κ3) is 4.67. The number of carbonyl (C=O) groups is 1. The van der Waals surface area contributed by atoms with Crippen molar-refractivity contribution in [2.24, 2.45) is 5.73 Å². The van der Waals surface area contributed by atoms with E-state index in [0.717, 1.165) is 11.0 Å². The van der Waals surface area contributed by atoms with E-state index >= 15 is 0 Å². The van der Waals surface area contributed by atoms with Crippen LogP contribution in [0.1, 0.15) is 15.9 Å². The van der Waals surface area contributed by atoms with Crippen molar-refractivity contribution >= 4 is 11.6 Å². The number of likely N-dealkylation sites (N-methyl/N-ethyl adjacent to an activating group) is 1. The number of hydrogen-bond acceptors (Lipinski definition) is 5. The molecule has 0 aliphatic carbocycles. The number of carbonyl (C=O) groups excluding carboxylic acids is 1. The maximum atomic E-state index is 12.3. The molecule has 0 saturated heterocycles. The van der Waals surface area contributed by atoms with E-state index in [0.29, 0.717) is 0 Å². The topological polar surface area (TPSA) is 110 Å². The van der Waals surface area contributed by atoms with Crippen molar-refractivity contribution in [3.63, 3.8) is 0 Å². The minimum absolute atomic E-state index is 0.0755. The molecule has 122 valence electrons. The summed E-state index contributed by atoms with van der Waals surface area (Å²) in [5, 5.41) is 19.9. The van der Waals surface area contributed by atoms with Crippen LogP contribution in [0.25, 0.3) is 0 Å². The Morgan fingerprint density at radius 3 is 2.55 bits per heavy atom. The molecule has 0 saturated carbocycles. The molecule has 0 heterocycles. The number of nitrogens with zero attached hydrogens (tertiary/aromatic N) is 2. The van der Waals surface area contributed by atoms with E-state index in [2.05, 4.69) is 0 Å². The summed E-state index contributed by atoms with van der Waals surface area (Å²) in [5.41, 5.74) is 4.62. The van der Waals surface area contributed by atoms with Crippen LogP contribution in [0.3, 0.4) is 0 Å². The molecule has 0 aliphatic rings. The van der Waals surface area contributed by atoms with Gasteiger partial charge >= 0.3 is 6.18 Å². The monoisotopic (exact) mass is 321 g/mol. The number of hydrogen-bond donors (Lipinski definition) is 2. The van der Waals surface area contributed by atoms with Crippen LogP contribution in [0.2, 0.25) is 0 Å². The van der Waals surface area contributed by atoms with Gasteiger partial charge < -0.3 is 10.8 Å². The molecule has 0 aliphatic heterocycles. The Morgan fingerprint density at radius 2 is 2.09 bits per heavy atom. The van der Waals surface area contributed by atoms with Gasteiger partial charge in [-0.3, -0.25) is 19.8 Å². The smallest absolute Gasteiger partial charge is 0.382 e. The van der Waals surface area contributed by atoms with E-state index in [-0.39, 0.29) is 17.7 Å². The number of nitro groups is 1. The zero-order valence-corrected chi connectivity index (χ0v) is 11.5. The van der Waals surface area contributed by atoms with Crippen LogP contribution in [0, 0.1) is 10.1 Å². The Balaban J connectivity index is 2.93. The van der Waals surface area contributed by atoms with Crippen LogP contribution in [-0.2, 0) is 6.54 Å². The highest BCUT2D eigenvalue weighted by molar-refractivity contribution is 5.93. The molecule has 3 N–H and O–H groups in total. The fourth-order valence-electron chi connectivity index (χ4n) is 1.77. The van der Waals surface area contributed by atoms with Crippen molar-refractivity contribution in [2.75, 3.05) is 13.6 Å². The highest BCUT2D eigenvalue weighted by atomic mass is 19.4. The summed E-state index contributed by atoms with van der Waals surface area (Å²) in [6.07, 6.45) is -7.32. The molecular formula is C12H14F3N3O4. The number of alkyl halides is 3. The van der Waals surface area contributed by atoms with Crippen molar-refractivity contribution < 1.29 is 28.0 Å². The third-order valence-electron chi connectivity index (χ3n) is 2.87. The van der Waals surface area contributed by atoms with E-state index in [9.17, 15) is 28.1 Å². The van der Waals surface area contributed by atoms with Crippen molar-refractivity contribution in [2.45, 2.75) is 18.8 Å². The van der Waals surface area contributed by atoms with Gasteiger partial charge in [0.2, 0.25) is 5.91 Å². The number of amides is 1. The molecule has 7 nitrogen and oxygen atoms in total. The van der Waals surface area contributed by atoms with E-state index < -0.39 is 35.3 Å². The molecule has 1 aromatic carbocycles. The average molecular weight is 321 g/mol. The lowest BCUT2D eigenvalue weighted by Gasteiger charge is -2.22. The molecule has 0 bridgehead atoms. The number of rotatable bonds is 6. The Bertz CT molecular complexity index is 577. The highest BCUT2D eigenvalue weighted by Crippen LogP contribution is 2.24. The molecule has 10 heteroatoms. The molecule has 0 spiro atoms. The lowest BCUT2D eigenvalue weighted by molar-refractivity contribution is -0.385. The molecule has 1 aromatic rings. The Hall–Kier alpha value is -2.20. The van der Waals surface area contributed by atoms with Gasteiger partial charge in [0.25, 0.3) is 5.69 Å². The summed E-state index contributed by atoms with van der Waals surface area (Å²) in [5.74, 6) is -0.851. The lowest BCUT2D eigenvalue weighted by atomic mass is 10.1. The Kier molecular flexibility index (Phi) is 5.44. The second kappa shape index (κ2) is 6.71. The number of nitro benzene ring substituents is 1. The zero-order chi connectivity index (χ0) is 17.1. The molecular weight excluding hydrogens is 307 g/mol. The standard InChI is InChI=1S/C12H14F3N3O4/c1-17(6-10(19)12(13,14)15)5-8-3-2-7(11(16)20)4-9(8)18(21)22/h2-4,10,19H,5-6H2,1H3,(H2,16,20). The number of nitrogens with two attached hydrogens (primary N) is 1. The summed E-state index contributed by atoms with van der Waals surface area (Å²) >= 11 is 0. The van der Waals surface area contributed by atoms with Gasteiger partial charge in [-0.15, -0.1) is 0 Å². The van der Waals surface area contributed by atoms with Gasteiger partial charge in [0, 0.05) is 30.3 Å². The van der Waals surface area contributed by atoms with E-state index in [4.69, 9.17) is 10.8 Å². The first-order valence-electron chi connectivity index (χ1n) is 6.02. The fourth-order valence-corrected chi connectivity index (χ4v) is 1.77. The van der Waals surface area contributed by atoms with Gasteiger partial charge in [0.1, 0.15) is 0 Å². The van der Waals surface area contributed by atoms with Crippen molar-refractivity contribution in [1.82, 2.24) is 4.90 Å². The van der Waals surface area contributed by atoms with Gasteiger partial charge in [-0.05, 0) is 13.1 Å². The zero-order valence-electron chi connectivity index (χ0n) is 11.5. The number of halogens is 3. The average Bonchev–Trinajstić information content (AvgIpc) is 2.37. The van der Waals surface area contributed by atoms with Crippen molar-refractivity contribution in [3.8, 4) is 0 Å². The fraction of sp³-hybridized carbons (Fsp3) is 0.417. The summed E-state index contributed by atoms with van der Waals surface area (Å²) in [4.78, 5) is 22.3. The maximum absolute atomic E-state index is 12.3. The first kappa shape index (κ1) is 17.9. The molecule has 1 rings (SSSR count). The second-order valence-corrected chi connectivity index (χ2v) is 4.72. The van der Waals surface area contributed by atoms with Crippen LogP contribution in [0.15, 0.2) is 18.2 Å². The predicted molar refractivity (Wildman–Crippen MR) is 70.0 cm³/mol. The molecule has 1 unspecified atom stereocenters. The van der Waals surface area contributed by atoms with Crippen molar-refractivity contribution in [3.05, 3.63) is 39.4 Å². The number of primary amides is 1. The van der Waals surface area contributed by atoms with Gasteiger partial charge in [-0.25, -0.2) is 0 Å². The minimum Gasteiger partial charge on any atom is -0.382 e. The van der Waals surface area contributed by atoms with Crippen LogP contribution < -0.4 is 5.73 Å². The quantitative estimate of drug-likeness (QED) is 0.601. The molecule has 0 fully saturated rings. The highest BCUT2D eigenvalue weighted by Gasteiger charge is 2.38. The molecule has 0 radical (unpaired) electrons. The SMILES string of the molecule is CN(Cc1ccc(C(N)=O)cc1[N+](=O)[O-])CC(O)C(F)(F)F. The Morgan fingerprint density at radius 1 is 1.50 bits per heavy atom. The second-order valence-electron chi connectivity index (χ2n) is 4.72. The minimum atomic E-state index is -4.77. The summed E-state index contributed by atoms with van der Waals surface area (Å²) < 4.78 is 36.8.